The lowest BCUT2D eigenvalue weighted by Gasteiger charge is -2.14. The van der Waals surface area contributed by atoms with Crippen LogP contribution in [0.3, 0.4) is 0 Å². The SMILES string of the molecule is COc1ccc([C@@H](C)NC(=O)c2ccco2)cc1F. The normalized spacial score (nSPS) is 11.9. The van der Waals surface area contributed by atoms with Crippen LogP contribution < -0.4 is 10.1 Å². The molecule has 100 valence electrons. The van der Waals surface area contributed by atoms with Crippen LogP contribution in [0.5, 0.6) is 5.75 Å². The molecule has 0 aliphatic heterocycles. The molecule has 0 saturated carbocycles. The molecule has 0 aliphatic carbocycles. The Bertz CT molecular complexity index is 566. The van der Waals surface area contributed by atoms with E-state index in [9.17, 15) is 9.18 Å². The van der Waals surface area contributed by atoms with Gasteiger partial charge in [-0.05, 0) is 36.8 Å². The van der Waals surface area contributed by atoms with E-state index < -0.39 is 5.82 Å². The Kier molecular flexibility index (Phi) is 3.85. The summed E-state index contributed by atoms with van der Waals surface area (Å²) in [5.74, 6) is -0.401. The molecule has 1 heterocycles. The van der Waals surface area contributed by atoms with Gasteiger partial charge in [-0.15, -0.1) is 0 Å². The van der Waals surface area contributed by atoms with Gasteiger partial charge in [-0.2, -0.15) is 0 Å². The molecule has 5 heteroatoms. The van der Waals surface area contributed by atoms with Crippen molar-refractivity contribution in [1.82, 2.24) is 5.32 Å². The van der Waals surface area contributed by atoms with Crippen LogP contribution in [0.25, 0.3) is 0 Å². The van der Waals surface area contributed by atoms with Crippen LogP contribution in [-0.4, -0.2) is 13.0 Å². The molecule has 19 heavy (non-hydrogen) atoms. The Balaban J connectivity index is 2.09. The molecular formula is C14H14FNO3. The van der Waals surface area contributed by atoms with Crippen molar-refractivity contribution in [3.8, 4) is 5.75 Å². The highest BCUT2D eigenvalue weighted by Gasteiger charge is 2.14. The number of rotatable bonds is 4. The first-order valence-electron chi connectivity index (χ1n) is 5.79. The predicted molar refractivity (Wildman–Crippen MR) is 67.5 cm³/mol. The summed E-state index contributed by atoms with van der Waals surface area (Å²) in [6.45, 7) is 1.77. The third-order valence-corrected chi connectivity index (χ3v) is 2.77. The maximum Gasteiger partial charge on any atom is 0.287 e. The second-order valence-corrected chi connectivity index (χ2v) is 4.07. The first-order valence-corrected chi connectivity index (χ1v) is 5.79. The summed E-state index contributed by atoms with van der Waals surface area (Å²) in [4.78, 5) is 11.8. The molecule has 0 radical (unpaired) electrons. The average Bonchev–Trinajstić information content (AvgIpc) is 2.92. The molecule has 0 aliphatic rings. The number of amides is 1. The minimum atomic E-state index is -0.459. The predicted octanol–water partition coefficient (Wildman–Crippen LogP) is 2.92. The van der Waals surface area contributed by atoms with Crippen LogP contribution in [-0.2, 0) is 0 Å². The zero-order valence-electron chi connectivity index (χ0n) is 10.6. The number of hydrogen-bond acceptors (Lipinski definition) is 3. The number of methoxy groups -OCH3 is 1. The van der Waals surface area contributed by atoms with Crippen LogP contribution in [0.15, 0.2) is 41.0 Å². The Morgan fingerprint density at radius 2 is 2.21 bits per heavy atom. The highest BCUT2D eigenvalue weighted by Crippen LogP contribution is 2.21. The molecule has 1 atom stereocenters. The second-order valence-electron chi connectivity index (χ2n) is 4.07. The summed E-state index contributed by atoms with van der Waals surface area (Å²) < 4.78 is 23.4. The van der Waals surface area contributed by atoms with Crippen LogP contribution >= 0.6 is 0 Å². The number of ether oxygens (including phenoxy) is 1. The van der Waals surface area contributed by atoms with Gasteiger partial charge in [0.05, 0.1) is 19.4 Å². The van der Waals surface area contributed by atoms with Gasteiger partial charge in [-0.1, -0.05) is 6.07 Å². The van der Waals surface area contributed by atoms with Gasteiger partial charge in [0.1, 0.15) is 0 Å². The van der Waals surface area contributed by atoms with E-state index in [2.05, 4.69) is 5.32 Å². The van der Waals surface area contributed by atoms with Gasteiger partial charge in [0.15, 0.2) is 17.3 Å². The van der Waals surface area contributed by atoms with Gasteiger partial charge in [0, 0.05) is 0 Å². The summed E-state index contributed by atoms with van der Waals surface area (Å²) in [5.41, 5.74) is 0.651. The number of nitrogens with one attached hydrogen (secondary N) is 1. The van der Waals surface area contributed by atoms with Crippen LogP contribution in [0.1, 0.15) is 29.1 Å². The number of hydrogen-bond donors (Lipinski definition) is 1. The molecule has 0 saturated heterocycles. The Morgan fingerprint density at radius 1 is 1.42 bits per heavy atom. The summed E-state index contributed by atoms with van der Waals surface area (Å²) in [6, 6.07) is 7.43. The van der Waals surface area contributed by atoms with E-state index in [-0.39, 0.29) is 23.5 Å². The number of carbonyl (C=O) groups is 1. The maximum atomic E-state index is 13.6. The van der Waals surface area contributed by atoms with Crippen molar-refractivity contribution in [2.45, 2.75) is 13.0 Å². The zero-order valence-corrected chi connectivity index (χ0v) is 10.6. The number of carbonyl (C=O) groups excluding carboxylic acids is 1. The van der Waals surface area contributed by atoms with Gasteiger partial charge < -0.3 is 14.5 Å². The minimum absolute atomic E-state index is 0.174. The third kappa shape index (κ3) is 2.93. The number of halogens is 1. The monoisotopic (exact) mass is 263 g/mol. The fourth-order valence-corrected chi connectivity index (χ4v) is 1.71. The van der Waals surface area contributed by atoms with Crippen LogP contribution in [0.4, 0.5) is 4.39 Å². The lowest BCUT2D eigenvalue weighted by Crippen LogP contribution is -2.26. The minimum Gasteiger partial charge on any atom is -0.494 e. The van der Waals surface area contributed by atoms with Gasteiger partial charge in [-0.25, -0.2) is 4.39 Å². The molecule has 0 unspecified atom stereocenters. The van der Waals surface area contributed by atoms with Crippen molar-refractivity contribution in [3.05, 3.63) is 53.7 Å². The molecule has 0 bridgehead atoms. The highest BCUT2D eigenvalue weighted by atomic mass is 19.1. The van der Waals surface area contributed by atoms with E-state index in [1.807, 2.05) is 0 Å². The van der Waals surface area contributed by atoms with Gasteiger partial charge in [0.25, 0.3) is 5.91 Å². The molecule has 1 amide bonds. The topological polar surface area (TPSA) is 51.5 Å². The Morgan fingerprint density at radius 3 is 2.79 bits per heavy atom. The number of furan rings is 1. The van der Waals surface area contributed by atoms with E-state index in [1.54, 1.807) is 25.1 Å². The molecule has 4 nitrogen and oxygen atoms in total. The molecule has 2 rings (SSSR count). The second kappa shape index (κ2) is 5.56. The standard InChI is InChI=1S/C14H14FNO3/c1-9(16-14(17)13-4-3-7-19-13)10-5-6-12(18-2)11(15)8-10/h3-9H,1-2H3,(H,16,17)/t9-/m1/s1. The lowest BCUT2D eigenvalue weighted by atomic mass is 10.1. The molecule has 1 aromatic carbocycles. The first-order chi connectivity index (χ1) is 9.11. The van der Waals surface area contributed by atoms with Crippen molar-refractivity contribution < 1.29 is 18.3 Å². The van der Waals surface area contributed by atoms with Crippen LogP contribution in [0, 0.1) is 5.82 Å². The third-order valence-electron chi connectivity index (χ3n) is 2.77. The first kappa shape index (κ1) is 13.1. The van der Waals surface area contributed by atoms with E-state index in [1.165, 1.54) is 25.5 Å². The molecule has 1 N–H and O–H groups in total. The van der Waals surface area contributed by atoms with Crippen LogP contribution in [0.2, 0.25) is 0 Å². The van der Waals surface area contributed by atoms with Gasteiger partial charge in [0.2, 0.25) is 0 Å². The highest BCUT2D eigenvalue weighted by molar-refractivity contribution is 5.91. The summed E-state index contributed by atoms with van der Waals surface area (Å²) in [7, 11) is 1.40. The van der Waals surface area contributed by atoms with Crippen molar-refractivity contribution >= 4 is 5.91 Å². The summed E-state index contributed by atoms with van der Waals surface area (Å²) in [5, 5.41) is 2.72. The van der Waals surface area contributed by atoms with E-state index in [0.29, 0.717) is 5.56 Å². The largest absolute Gasteiger partial charge is 0.494 e. The van der Waals surface area contributed by atoms with Crippen molar-refractivity contribution in [3.63, 3.8) is 0 Å². The number of benzene rings is 1. The average molecular weight is 263 g/mol. The Hall–Kier alpha value is -2.30. The van der Waals surface area contributed by atoms with Crippen molar-refractivity contribution in [1.29, 1.82) is 0 Å². The fourth-order valence-electron chi connectivity index (χ4n) is 1.71. The van der Waals surface area contributed by atoms with Crippen molar-refractivity contribution in [2.75, 3.05) is 7.11 Å². The molecule has 2 aromatic rings. The van der Waals surface area contributed by atoms with E-state index in [0.717, 1.165) is 0 Å². The maximum absolute atomic E-state index is 13.6. The summed E-state index contributed by atoms with van der Waals surface area (Å²) in [6.07, 6.45) is 1.42. The van der Waals surface area contributed by atoms with Gasteiger partial charge >= 0.3 is 0 Å². The van der Waals surface area contributed by atoms with Gasteiger partial charge in [-0.3, -0.25) is 4.79 Å². The summed E-state index contributed by atoms with van der Waals surface area (Å²) >= 11 is 0. The molecule has 1 aromatic heterocycles. The Labute approximate surface area is 110 Å². The van der Waals surface area contributed by atoms with Crippen molar-refractivity contribution in [2.24, 2.45) is 0 Å². The lowest BCUT2D eigenvalue weighted by molar-refractivity contribution is 0.0912. The molecular weight excluding hydrogens is 249 g/mol. The zero-order chi connectivity index (χ0) is 13.8. The van der Waals surface area contributed by atoms with E-state index in [4.69, 9.17) is 9.15 Å². The molecule has 0 fully saturated rings. The molecule has 0 spiro atoms. The quantitative estimate of drug-likeness (QED) is 0.922. The smallest absolute Gasteiger partial charge is 0.287 e. The van der Waals surface area contributed by atoms with E-state index >= 15 is 0 Å². The fraction of sp³-hybridized carbons (Fsp3) is 0.214.